The number of rotatable bonds is 6. The Kier molecular flexibility index (Phi) is 5.12. The Labute approximate surface area is 101 Å². The van der Waals surface area contributed by atoms with Gasteiger partial charge < -0.3 is 10.2 Å². The normalized spacial score (nSPS) is 14.6. The van der Waals surface area contributed by atoms with Crippen molar-refractivity contribution in [2.45, 2.75) is 32.5 Å². The lowest BCUT2D eigenvalue weighted by Crippen LogP contribution is -2.47. The molecule has 0 fully saturated rings. The Morgan fingerprint density at radius 3 is 2.35 bits per heavy atom. The first kappa shape index (κ1) is 13.7. The van der Waals surface area contributed by atoms with E-state index in [1.165, 1.54) is 0 Å². The number of aliphatic carboxylic acids is 1. The second kappa shape index (κ2) is 6.37. The first-order valence-corrected chi connectivity index (χ1v) is 5.70. The van der Waals surface area contributed by atoms with E-state index in [1.54, 1.807) is 13.8 Å². The van der Waals surface area contributed by atoms with Crippen LogP contribution in [0.3, 0.4) is 0 Å². The van der Waals surface area contributed by atoms with E-state index in [0.29, 0.717) is 6.54 Å². The summed E-state index contributed by atoms with van der Waals surface area (Å²) in [6, 6.07) is 8.58. The molecule has 0 spiro atoms. The van der Waals surface area contributed by atoms with Crippen molar-refractivity contribution in [1.82, 2.24) is 5.32 Å². The Balaban J connectivity index is 2.60. The first-order chi connectivity index (χ1) is 8.02. The predicted octanol–water partition coefficient (Wildman–Crippen LogP) is 1.25. The van der Waals surface area contributed by atoms with Gasteiger partial charge >= 0.3 is 5.97 Å². The van der Waals surface area contributed by atoms with Crippen molar-refractivity contribution >= 4 is 5.97 Å². The number of nitrogens with one attached hydrogen (secondary N) is 1. The topological polar surface area (TPSA) is 69.6 Å². The molecule has 1 aromatic carbocycles. The molecule has 17 heavy (non-hydrogen) atoms. The van der Waals surface area contributed by atoms with Gasteiger partial charge in [-0.2, -0.15) is 0 Å². The summed E-state index contributed by atoms with van der Waals surface area (Å²) >= 11 is 0. The number of carbonyl (C=O) groups is 1. The van der Waals surface area contributed by atoms with Crippen LogP contribution in [0.25, 0.3) is 0 Å². The van der Waals surface area contributed by atoms with Crippen molar-refractivity contribution in [3.05, 3.63) is 35.9 Å². The zero-order valence-electron chi connectivity index (χ0n) is 10.1. The molecule has 0 saturated carbocycles. The highest BCUT2D eigenvalue weighted by Crippen LogP contribution is 2.08. The van der Waals surface area contributed by atoms with E-state index in [0.717, 1.165) is 5.56 Å². The maximum Gasteiger partial charge on any atom is 0.323 e. The second-order valence-corrected chi connectivity index (χ2v) is 4.42. The van der Waals surface area contributed by atoms with Gasteiger partial charge in [-0.25, -0.2) is 0 Å². The van der Waals surface area contributed by atoms with Gasteiger partial charge in [0.25, 0.3) is 0 Å². The van der Waals surface area contributed by atoms with E-state index < -0.39 is 18.1 Å². The van der Waals surface area contributed by atoms with Crippen molar-refractivity contribution in [2.24, 2.45) is 5.92 Å². The molecule has 0 aliphatic heterocycles. The lowest BCUT2D eigenvalue weighted by Gasteiger charge is -2.23. The summed E-state index contributed by atoms with van der Waals surface area (Å²) in [5.41, 5.74) is 0.995. The Bertz CT molecular complexity index is 351. The monoisotopic (exact) mass is 237 g/mol. The summed E-state index contributed by atoms with van der Waals surface area (Å²) in [7, 11) is 0. The fourth-order valence-corrected chi connectivity index (χ4v) is 1.56. The molecule has 0 bridgehead atoms. The molecule has 0 heterocycles. The molecule has 0 aromatic heterocycles. The Morgan fingerprint density at radius 1 is 1.29 bits per heavy atom. The molecule has 2 unspecified atom stereocenters. The fraction of sp³-hybridized carbons (Fsp3) is 0.462. The van der Waals surface area contributed by atoms with Crippen LogP contribution in [0, 0.1) is 5.92 Å². The van der Waals surface area contributed by atoms with E-state index in [2.05, 4.69) is 5.32 Å². The molecule has 0 radical (unpaired) electrons. The van der Waals surface area contributed by atoms with Gasteiger partial charge in [0.05, 0.1) is 6.10 Å². The third kappa shape index (κ3) is 4.17. The van der Waals surface area contributed by atoms with Gasteiger partial charge in [-0.05, 0) is 11.5 Å². The lowest BCUT2D eigenvalue weighted by atomic mass is 9.99. The average Bonchev–Trinajstić information content (AvgIpc) is 2.29. The summed E-state index contributed by atoms with van der Waals surface area (Å²) in [5.74, 6) is -1.12. The minimum Gasteiger partial charge on any atom is -0.480 e. The zero-order valence-corrected chi connectivity index (χ0v) is 10.1. The SMILES string of the molecule is CC(C)C(O)C(NCc1ccccc1)C(=O)O. The van der Waals surface area contributed by atoms with Crippen LogP contribution in [0.5, 0.6) is 0 Å². The smallest absolute Gasteiger partial charge is 0.323 e. The highest BCUT2D eigenvalue weighted by molar-refractivity contribution is 5.74. The number of aliphatic hydroxyl groups excluding tert-OH is 1. The summed E-state index contributed by atoms with van der Waals surface area (Å²) in [5, 5.41) is 21.7. The molecule has 3 N–H and O–H groups in total. The Morgan fingerprint density at radius 2 is 1.88 bits per heavy atom. The summed E-state index contributed by atoms with van der Waals surface area (Å²) in [6.45, 7) is 4.02. The third-order valence-corrected chi connectivity index (χ3v) is 2.66. The van der Waals surface area contributed by atoms with Crippen LogP contribution < -0.4 is 5.32 Å². The van der Waals surface area contributed by atoms with Crippen LogP contribution >= 0.6 is 0 Å². The van der Waals surface area contributed by atoms with Gasteiger partial charge in [0.1, 0.15) is 6.04 Å². The predicted molar refractivity (Wildman–Crippen MR) is 65.6 cm³/mol. The third-order valence-electron chi connectivity index (χ3n) is 2.66. The number of aliphatic hydroxyl groups is 1. The van der Waals surface area contributed by atoms with E-state index in [-0.39, 0.29) is 5.92 Å². The van der Waals surface area contributed by atoms with Crippen molar-refractivity contribution in [2.75, 3.05) is 0 Å². The van der Waals surface area contributed by atoms with Crippen LogP contribution in [0.1, 0.15) is 19.4 Å². The first-order valence-electron chi connectivity index (χ1n) is 5.70. The number of hydrogen-bond donors (Lipinski definition) is 3. The maximum absolute atomic E-state index is 11.0. The van der Waals surface area contributed by atoms with Gasteiger partial charge in [0.2, 0.25) is 0 Å². The number of carboxylic acid groups (broad SMARTS) is 1. The lowest BCUT2D eigenvalue weighted by molar-refractivity contribution is -0.143. The molecular weight excluding hydrogens is 218 g/mol. The Hall–Kier alpha value is -1.39. The summed E-state index contributed by atoms with van der Waals surface area (Å²) in [4.78, 5) is 11.0. The minimum atomic E-state index is -1.03. The van der Waals surface area contributed by atoms with Crippen molar-refractivity contribution in [1.29, 1.82) is 0 Å². The summed E-state index contributed by atoms with van der Waals surface area (Å²) < 4.78 is 0. The molecular formula is C13H19NO3. The number of carboxylic acids is 1. The molecule has 1 aromatic rings. The van der Waals surface area contributed by atoms with E-state index in [9.17, 15) is 9.90 Å². The standard InChI is InChI=1S/C13H19NO3/c1-9(2)12(15)11(13(16)17)14-8-10-6-4-3-5-7-10/h3-7,9,11-12,14-15H,8H2,1-2H3,(H,16,17). The summed E-state index contributed by atoms with van der Waals surface area (Å²) in [6.07, 6.45) is -0.892. The van der Waals surface area contributed by atoms with E-state index in [1.807, 2.05) is 30.3 Å². The maximum atomic E-state index is 11.0. The van der Waals surface area contributed by atoms with Gasteiger partial charge in [-0.1, -0.05) is 44.2 Å². The van der Waals surface area contributed by atoms with Crippen LogP contribution in [0.15, 0.2) is 30.3 Å². The van der Waals surface area contributed by atoms with Crippen molar-refractivity contribution in [3.63, 3.8) is 0 Å². The average molecular weight is 237 g/mol. The van der Waals surface area contributed by atoms with Gasteiger partial charge in [-0.3, -0.25) is 10.1 Å². The second-order valence-electron chi connectivity index (χ2n) is 4.42. The van der Waals surface area contributed by atoms with Crippen molar-refractivity contribution < 1.29 is 15.0 Å². The zero-order chi connectivity index (χ0) is 12.8. The molecule has 94 valence electrons. The molecule has 0 aliphatic rings. The fourth-order valence-electron chi connectivity index (χ4n) is 1.56. The van der Waals surface area contributed by atoms with Crippen LogP contribution in [0.2, 0.25) is 0 Å². The van der Waals surface area contributed by atoms with Crippen LogP contribution in [-0.4, -0.2) is 28.3 Å². The highest BCUT2D eigenvalue weighted by Gasteiger charge is 2.28. The number of hydrogen-bond acceptors (Lipinski definition) is 3. The molecule has 1 rings (SSSR count). The molecule has 0 saturated heterocycles. The molecule has 0 aliphatic carbocycles. The molecule has 0 amide bonds. The van der Waals surface area contributed by atoms with Crippen LogP contribution in [0.4, 0.5) is 0 Å². The minimum absolute atomic E-state index is 0.0978. The van der Waals surface area contributed by atoms with Gasteiger partial charge in [-0.15, -0.1) is 0 Å². The van der Waals surface area contributed by atoms with E-state index in [4.69, 9.17) is 5.11 Å². The quantitative estimate of drug-likeness (QED) is 0.696. The van der Waals surface area contributed by atoms with Crippen molar-refractivity contribution in [3.8, 4) is 0 Å². The van der Waals surface area contributed by atoms with Crippen LogP contribution in [-0.2, 0) is 11.3 Å². The number of benzene rings is 1. The largest absolute Gasteiger partial charge is 0.480 e. The molecule has 2 atom stereocenters. The van der Waals surface area contributed by atoms with Gasteiger partial charge in [0, 0.05) is 6.54 Å². The van der Waals surface area contributed by atoms with E-state index >= 15 is 0 Å². The van der Waals surface area contributed by atoms with Gasteiger partial charge in [0.15, 0.2) is 0 Å². The highest BCUT2D eigenvalue weighted by atomic mass is 16.4. The molecule has 4 nitrogen and oxygen atoms in total. The molecule has 4 heteroatoms.